The van der Waals surface area contributed by atoms with Crippen LogP contribution in [0.1, 0.15) is 86.5 Å². The number of hydrogen-bond acceptors (Lipinski definition) is 3. The van der Waals surface area contributed by atoms with E-state index in [9.17, 15) is 4.79 Å². The van der Waals surface area contributed by atoms with Gasteiger partial charge in [-0.2, -0.15) is 12.6 Å². The predicted octanol–water partition coefficient (Wildman–Crippen LogP) is 5.47. The molecule has 0 aromatic carbocycles. The maximum atomic E-state index is 13.0. The van der Waals surface area contributed by atoms with Crippen molar-refractivity contribution in [2.75, 3.05) is 0 Å². The van der Waals surface area contributed by atoms with E-state index in [-0.39, 0.29) is 16.8 Å². The minimum absolute atomic E-state index is 0.0488. The molecule has 0 aromatic heterocycles. The molecule has 3 heteroatoms. The van der Waals surface area contributed by atoms with Gasteiger partial charge in [0.05, 0.1) is 11.4 Å². The second-order valence-corrected chi connectivity index (χ2v) is 10.3. The first-order valence-corrected chi connectivity index (χ1v) is 10.6. The van der Waals surface area contributed by atoms with E-state index in [0.717, 1.165) is 24.7 Å². The second kappa shape index (κ2) is 7.70. The Morgan fingerprint density at radius 1 is 1.21 bits per heavy atom. The monoisotopic (exact) mass is 353 g/mol. The molecule has 2 saturated carbocycles. The first-order valence-electron chi connectivity index (χ1n) is 10.1. The average Bonchev–Trinajstić information content (AvgIpc) is 2.42. The van der Waals surface area contributed by atoms with E-state index in [1.165, 1.54) is 32.1 Å². The normalized spacial score (nSPS) is 32.2. The van der Waals surface area contributed by atoms with E-state index in [1.54, 1.807) is 0 Å². The van der Waals surface area contributed by atoms with Crippen molar-refractivity contribution in [3.05, 3.63) is 0 Å². The lowest BCUT2D eigenvalue weighted by Gasteiger charge is -2.56. The van der Waals surface area contributed by atoms with Crippen molar-refractivity contribution in [2.24, 2.45) is 28.6 Å². The van der Waals surface area contributed by atoms with Gasteiger partial charge in [0.25, 0.3) is 0 Å². The minimum atomic E-state index is -0.292. The summed E-state index contributed by atoms with van der Waals surface area (Å²) in [5.74, 6) is 2.63. The number of Topliss-reactive ketones (excluding diaryl/α,β-unsaturated/α-hetero) is 1. The summed E-state index contributed by atoms with van der Waals surface area (Å²) in [5.41, 5.74) is 0.336. The van der Waals surface area contributed by atoms with Crippen molar-refractivity contribution in [2.45, 2.75) is 97.9 Å². The van der Waals surface area contributed by atoms with E-state index in [1.807, 2.05) is 20.8 Å². The molecule has 2 rings (SSSR count). The van der Waals surface area contributed by atoms with Gasteiger partial charge < -0.3 is 0 Å². The molecular formula is C21H39NOS. The van der Waals surface area contributed by atoms with Crippen molar-refractivity contribution < 1.29 is 4.79 Å². The van der Waals surface area contributed by atoms with Crippen LogP contribution in [0.3, 0.4) is 0 Å². The Balaban J connectivity index is 2.05. The average molecular weight is 354 g/mol. The van der Waals surface area contributed by atoms with Crippen LogP contribution < -0.4 is 5.32 Å². The highest BCUT2D eigenvalue weighted by Crippen LogP contribution is 2.59. The molecular weight excluding hydrogens is 314 g/mol. The van der Waals surface area contributed by atoms with Gasteiger partial charge in [-0.1, -0.05) is 48.0 Å². The Hall–Kier alpha value is -0.0200. The molecule has 2 nitrogen and oxygen atoms in total. The summed E-state index contributed by atoms with van der Waals surface area (Å²) in [6.07, 6.45) is 8.80. The summed E-state index contributed by atoms with van der Waals surface area (Å²) in [4.78, 5) is 13.0. The highest BCUT2D eigenvalue weighted by atomic mass is 32.1. The maximum absolute atomic E-state index is 13.0. The van der Waals surface area contributed by atoms with Crippen LogP contribution in [0.15, 0.2) is 0 Å². The fourth-order valence-electron chi connectivity index (χ4n) is 5.27. The van der Waals surface area contributed by atoms with Gasteiger partial charge in [0, 0.05) is 5.41 Å². The van der Waals surface area contributed by atoms with Crippen LogP contribution >= 0.6 is 12.6 Å². The lowest BCUT2D eigenvalue weighted by atomic mass is 9.49. The molecule has 0 saturated heterocycles. The molecule has 2 fully saturated rings. The van der Waals surface area contributed by atoms with Gasteiger partial charge in [-0.3, -0.25) is 10.1 Å². The first-order chi connectivity index (χ1) is 11.1. The zero-order valence-electron chi connectivity index (χ0n) is 16.7. The molecule has 0 aliphatic heterocycles. The van der Waals surface area contributed by atoms with Crippen molar-refractivity contribution in [3.63, 3.8) is 0 Å². The van der Waals surface area contributed by atoms with E-state index in [2.05, 4.69) is 38.7 Å². The summed E-state index contributed by atoms with van der Waals surface area (Å²) in [7, 11) is 0. The smallest absolute Gasteiger partial charge is 0.155 e. The molecule has 140 valence electrons. The molecule has 2 aliphatic rings. The molecule has 0 radical (unpaired) electrons. The molecule has 1 N–H and O–H groups in total. The lowest BCUT2D eigenvalue weighted by Crippen LogP contribution is -2.50. The Morgan fingerprint density at radius 2 is 1.75 bits per heavy atom. The number of rotatable bonds is 6. The third-order valence-electron chi connectivity index (χ3n) is 7.03. The summed E-state index contributed by atoms with van der Waals surface area (Å²) < 4.78 is 0. The molecule has 0 amide bonds. The summed E-state index contributed by atoms with van der Waals surface area (Å²) in [5, 5.41) is 3.62. The van der Waals surface area contributed by atoms with Crippen LogP contribution in [0, 0.1) is 28.6 Å². The van der Waals surface area contributed by atoms with Gasteiger partial charge in [-0.15, -0.1) is 0 Å². The topological polar surface area (TPSA) is 29.1 Å². The van der Waals surface area contributed by atoms with Crippen LogP contribution in [-0.2, 0) is 4.79 Å². The van der Waals surface area contributed by atoms with Crippen LogP contribution in [-0.4, -0.2) is 17.2 Å². The number of nitrogens with one attached hydrogen (secondary N) is 1. The fourth-order valence-corrected chi connectivity index (χ4v) is 5.45. The standard InChI is InChI=1S/C21H39NOS/c1-7-18(24)22-17(19(23)20(4,5)6)13-16-11-14(2)21(9-8-10-21)15(3)12-16/h14-18,22,24H,7-13H2,1-6H3. The Labute approximate surface area is 155 Å². The van der Waals surface area contributed by atoms with Crippen LogP contribution in [0.5, 0.6) is 0 Å². The largest absolute Gasteiger partial charge is 0.297 e. The van der Waals surface area contributed by atoms with Gasteiger partial charge in [-0.25, -0.2) is 0 Å². The highest BCUT2D eigenvalue weighted by molar-refractivity contribution is 7.80. The summed E-state index contributed by atoms with van der Waals surface area (Å²) in [6.45, 7) is 13.2. The second-order valence-electron chi connectivity index (χ2n) is 9.72. The van der Waals surface area contributed by atoms with Crippen LogP contribution in [0.4, 0.5) is 0 Å². The van der Waals surface area contributed by atoms with E-state index < -0.39 is 0 Å². The van der Waals surface area contributed by atoms with Gasteiger partial charge in [0.2, 0.25) is 0 Å². The Morgan fingerprint density at radius 3 is 2.12 bits per heavy atom. The molecule has 2 aliphatic carbocycles. The van der Waals surface area contributed by atoms with Crippen molar-refractivity contribution in [3.8, 4) is 0 Å². The van der Waals surface area contributed by atoms with Crippen LogP contribution in [0.25, 0.3) is 0 Å². The molecule has 0 bridgehead atoms. The maximum Gasteiger partial charge on any atom is 0.155 e. The van der Waals surface area contributed by atoms with Gasteiger partial charge >= 0.3 is 0 Å². The molecule has 0 heterocycles. The highest BCUT2D eigenvalue weighted by Gasteiger charge is 2.50. The summed E-state index contributed by atoms with van der Waals surface area (Å²) in [6, 6.07) is -0.0488. The van der Waals surface area contributed by atoms with Crippen molar-refractivity contribution in [1.82, 2.24) is 5.32 Å². The van der Waals surface area contributed by atoms with E-state index in [0.29, 0.717) is 17.1 Å². The molecule has 1 spiro atoms. The zero-order chi connectivity index (χ0) is 18.1. The minimum Gasteiger partial charge on any atom is -0.297 e. The third kappa shape index (κ3) is 4.20. The number of carbonyl (C=O) groups excluding carboxylic acids is 1. The van der Waals surface area contributed by atoms with Crippen molar-refractivity contribution in [1.29, 1.82) is 0 Å². The predicted molar refractivity (Wildman–Crippen MR) is 106 cm³/mol. The van der Waals surface area contributed by atoms with Gasteiger partial charge in [-0.05, 0) is 61.7 Å². The Kier molecular flexibility index (Phi) is 6.51. The number of carbonyl (C=O) groups is 1. The number of ketones is 1. The first kappa shape index (κ1) is 20.3. The van der Waals surface area contributed by atoms with Gasteiger partial charge in [0.15, 0.2) is 5.78 Å². The Bertz CT molecular complexity index is 424. The fraction of sp³-hybridized carbons (Fsp3) is 0.952. The van der Waals surface area contributed by atoms with Crippen LogP contribution in [0.2, 0.25) is 0 Å². The molecule has 4 unspecified atom stereocenters. The molecule has 24 heavy (non-hydrogen) atoms. The van der Waals surface area contributed by atoms with E-state index >= 15 is 0 Å². The van der Waals surface area contributed by atoms with Crippen molar-refractivity contribution >= 4 is 18.4 Å². The molecule has 0 aromatic rings. The van der Waals surface area contributed by atoms with E-state index in [4.69, 9.17) is 0 Å². The lowest BCUT2D eigenvalue weighted by molar-refractivity contribution is -0.129. The number of thiol groups is 1. The number of hydrogen-bond donors (Lipinski definition) is 2. The van der Waals surface area contributed by atoms with Gasteiger partial charge in [0.1, 0.15) is 0 Å². The summed E-state index contributed by atoms with van der Waals surface area (Å²) >= 11 is 4.60. The third-order valence-corrected chi connectivity index (χ3v) is 7.54. The quantitative estimate of drug-likeness (QED) is 0.490. The zero-order valence-corrected chi connectivity index (χ0v) is 17.6. The SMILES string of the molecule is CCC(S)NC(CC1CC(C)C2(CCC2)C(C)C1)C(=O)C(C)(C)C. The molecule has 4 atom stereocenters.